The first kappa shape index (κ1) is 16.0. The Morgan fingerprint density at radius 3 is 2.57 bits per heavy atom. The maximum Gasteiger partial charge on any atom is 0.267 e. The molecule has 0 bridgehead atoms. The first-order valence-corrected chi connectivity index (χ1v) is 9.07. The summed E-state index contributed by atoms with van der Waals surface area (Å²) in [6.07, 6.45) is 0. The number of rotatable bonds is 3. The van der Waals surface area contributed by atoms with Gasteiger partial charge in [0.2, 0.25) is 0 Å². The molecular weight excluding hydrogens is 328 g/mol. The van der Waals surface area contributed by atoms with Crippen molar-refractivity contribution >= 4 is 43.9 Å². The van der Waals surface area contributed by atoms with E-state index in [-0.39, 0.29) is 5.91 Å². The van der Waals surface area contributed by atoms with Gasteiger partial charge in [-0.3, -0.25) is 10.1 Å². The molecule has 0 unspecified atom stereocenters. The summed E-state index contributed by atoms with van der Waals surface area (Å²) in [6.45, 7) is 9.93. The average Bonchev–Trinajstić information content (AvgIpc) is 3.03. The summed E-state index contributed by atoms with van der Waals surface area (Å²) in [5.41, 5.74) is 2.84. The Bertz CT molecular complexity index is 895. The highest BCUT2D eigenvalue weighted by atomic mass is 32.1. The Labute approximate surface area is 142 Å². The van der Waals surface area contributed by atoms with Crippen molar-refractivity contribution in [1.29, 1.82) is 0 Å². The van der Waals surface area contributed by atoms with E-state index in [1.807, 2.05) is 26.2 Å². The molecule has 0 aliphatic carbocycles. The van der Waals surface area contributed by atoms with Crippen LogP contribution in [0.4, 0.5) is 5.13 Å². The number of fused-ring (bicyclic) bond motifs is 1. The second-order valence-electron chi connectivity index (χ2n) is 5.78. The topological polar surface area (TPSA) is 67.8 Å². The molecule has 7 heteroatoms. The Morgan fingerprint density at radius 2 is 1.91 bits per heavy atom. The third-order valence-corrected chi connectivity index (χ3v) is 5.58. The molecule has 3 heterocycles. The van der Waals surface area contributed by atoms with E-state index in [0.717, 1.165) is 33.0 Å². The smallest absolute Gasteiger partial charge is 0.267 e. The van der Waals surface area contributed by atoms with Gasteiger partial charge in [-0.1, -0.05) is 13.8 Å². The fraction of sp³-hybridized carbons (Fsp3) is 0.375. The lowest BCUT2D eigenvalue weighted by molar-refractivity contribution is 0.103. The number of thiazole rings is 1. The van der Waals surface area contributed by atoms with Gasteiger partial charge in [-0.25, -0.2) is 15.0 Å². The van der Waals surface area contributed by atoms with Crippen molar-refractivity contribution in [3.05, 3.63) is 33.0 Å². The minimum atomic E-state index is -0.132. The predicted octanol–water partition coefficient (Wildman–Crippen LogP) is 4.45. The van der Waals surface area contributed by atoms with Crippen molar-refractivity contribution < 1.29 is 4.79 Å². The molecule has 0 fully saturated rings. The fourth-order valence-electron chi connectivity index (χ4n) is 2.45. The molecule has 0 saturated carbocycles. The van der Waals surface area contributed by atoms with E-state index in [9.17, 15) is 4.79 Å². The van der Waals surface area contributed by atoms with E-state index in [0.29, 0.717) is 15.9 Å². The van der Waals surface area contributed by atoms with Gasteiger partial charge in [0.05, 0.1) is 10.6 Å². The predicted molar refractivity (Wildman–Crippen MR) is 95.8 cm³/mol. The van der Waals surface area contributed by atoms with Crippen LogP contribution >= 0.6 is 22.7 Å². The molecule has 3 rings (SSSR count). The van der Waals surface area contributed by atoms with Crippen LogP contribution in [-0.2, 0) is 0 Å². The van der Waals surface area contributed by atoms with Crippen molar-refractivity contribution in [1.82, 2.24) is 15.0 Å². The zero-order chi connectivity index (χ0) is 16.7. The van der Waals surface area contributed by atoms with Crippen molar-refractivity contribution in [2.75, 3.05) is 5.32 Å². The van der Waals surface area contributed by atoms with Gasteiger partial charge in [0.25, 0.3) is 5.91 Å². The van der Waals surface area contributed by atoms with Gasteiger partial charge < -0.3 is 0 Å². The average molecular weight is 346 g/mol. The molecule has 0 spiro atoms. The van der Waals surface area contributed by atoms with Gasteiger partial charge in [-0.05, 0) is 32.3 Å². The summed E-state index contributed by atoms with van der Waals surface area (Å²) in [7, 11) is 0. The number of nitrogens with zero attached hydrogens (tertiary/aromatic N) is 3. The number of aryl methyl sites for hydroxylation is 3. The van der Waals surface area contributed by atoms with E-state index in [1.165, 1.54) is 22.7 Å². The third-order valence-electron chi connectivity index (χ3n) is 3.62. The van der Waals surface area contributed by atoms with E-state index >= 15 is 0 Å². The number of aromatic nitrogens is 3. The van der Waals surface area contributed by atoms with E-state index in [4.69, 9.17) is 0 Å². The minimum absolute atomic E-state index is 0.132. The second kappa shape index (κ2) is 5.98. The quantitative estimate of drug-likeness (QED) is 0.761. The van der Waals surface area contributed by atoms with Gasteiger partial charge in [-0.2, -0.15) is 0 Å². The number of anilines is 1. The maximum absolute atomic E-state index is 12.6. The van der Waals surface area contributed by atoms with E-state index < -0.39 is 0 Å². The van der Waals surface area contributed by atoms with Crippen molar-refractivity contribution in [3.8, 4) is 0 Å². The van der Waals surface area contributed by atoms with Crippen LogP contribution < -0.4 is 5.32 Å². The van der Waals surface area contributed by atoms with Crippen LogP contribution in [0.15, 0.2) is 5.38 Å². The molecule has 3 aromatic rings. The van der Waals surface area contributed by atoms with Crippen molar-refractivity contribution in [2.45, 2.75) is 40.5 Å². The molecule has 0 aliphatic heterocycles. The van der Waals surface area contributed by atoms with Crippen molar-refractivity contribution in [3.63, 3.8) is 0 Å². The molecule has 23 heavy (non-hydrogen) atoms. The van der Waals surface area contributed by atoms with Crippen LogP contribution in [0.2, 0.25) is 0 Å². The van der Waals surface area contributed by atoms with Gasteiger partial charge in [0.1, 0.15) is 10.7 Å². The number of hydrogen-bond acceptors (Lipinski definition) is 6. The van der Waals surface area contributed by atoms with Gasteiger partial charge in [-0.15, -0.1) is 22.7 Å². The molecular formula is C16H18N4OS2. The fourth-order valence-corrected chi connectivity index (χ4v) is 4.49. The molecule has 0 saturated heterocycles. The van der Waals surface area contributed by atoms with Crippen LogP contribution in [0.3, 0.4) is 0 Å². The normalized spacial score (nSPS) is 11.4. The number of carbonyl (C=O) groups excluding carboxylic acids is 1. The highest BCUT2D eigenvalue weighted by molar-refractivity contribution is 7.21. The van der Waals surface area contributed by atoms with Crippen LogP contribution in [0.5, 0.6) is 0 Å². The summed E-state index contributed by atoms with van der Waals surface area (Å²) < 4.78 is 0. The molecule has 0 radical (unpaired) electrons. The Hall–Kier alpha value is -1.86. The molecule has 1 amide bonds. The lowest BCUT2D eigenvalue weighted by Crippen LogP contribution is -2.11. The van der Waals surface area contributed by atoms with E-state index in [2.05, 4.69) is 34.1 Å². The van der Waals surface area contributed by atoms with Gasteiger partial charge in [0.15, 0.2) is 5.13 Å². The number of amides is 1. The van der Waals surface area contributed by atoms with Crippen LogP contribution in [0.25, 0.3) is 10.2 Å². The number of hydrogen-bond donors (Lipinski definition) is 1. The first-order chi connectivity index (χ1) is 10.9. The van der Waals surface area contributed by atoms with Gasteiger partial charge >= 0.3 is 0 Å². The highest BCUT2D eigenvalue weighted by Crippen LogP contribution is 2.32. The molecule has 5 nitrogen and oxygen atoms in total. The molecule has 120 valence electrons. The van der Waals surface area contributed by atoms with Crippen LogP contribution in [0, 0.1) is 20.8 Å². The van der Waals surface area contributed by atoms with Crippen molar-refractivity contribution in [2.24, 2.45) is 0 Å². The number of carbonyl (C=O) groups is 1. The molecule has 1 N–H and O–H groups in total. The number of thiophene rings is 1. The zero-order valence-electron chi connectivity index (χ0n) is 13.7. The summed E-state index contributed by atoms with van der Waals surface area (Å²) >= 11 is 2.86. The number of nitrogens with one attached hydrogen (secondary N) is 1. The SMILES string of the molecule is Cc1nc(C)c2c(C)c(C(=O)Nc3nc(C(C)C)cs3)sc2n1. The maximum atomic E-state index is 12.6. The van der Waals surface area contributed by atoms with Gasteiger partial charge in [0, 0.05) is 16.5 Å². The second-order valence-corrected chi connectivity index (χ2v) is 7.64. The Morgan fingerprint density at radius 1 is 1.17 bits per heavy atom. The summed E-state index contributed by atoms with van der Waals surface area (Å²) in [5, 5.41) is 6.50. The molecule has 0 aliphatic rings. The van der Waals surface area contributed by atoms with Crippen LogP contribution in [-0.4, -0.2) is 20.9 Å². The summed E-state index contributed by atoms with van der Waals surface area (Å²) in [4.78, 5) is 27.4. The highest BCUT2D eigenvalue weighted by Gasteiger charge is 2.19. The third kappa shape index (κ3) is 2.98. The zero-order valence-corrected chi connectivity index (χ0v) is 15.4. The standard InChI is InChI=1S/C16H18N4OS2/c1-7(2)11-6-22-16(19-11)20-14(21)13-8(3)12-9(4)17-10(5)18-15(12)23-13/h6-7H,1-5H3,(H,19,20,21). The lowest BCUT2D eigenvalue weighted by Gasteiger charge is -2.01. The van der Waals surface area contributed by atoms with Crippen LogP contribution in [0.1, 0.15) is 52.2 Å². The molecule has 0 atom stereocenters. The largest absolute Gasteiger partial charge is 0.297 e. The summed E-state index contributed by atoms with van der Waals surface area (Å²) in [5.74, 6) is 0.945. The molecule has 0 aromatic carbocycles. The lowest BCUT2D eigenvalue weighted by atomic mass is 10.1. The van der Waals surface area contributed by atoms with E-state index in [1.54, 1.807) is 0 Å². The molecule has 3 aromatic heterocycles. The Kier molecular flexibility index (Phi) is 4.16. The minimum Gasteiger partial charge on any atom is -0.297 e. The first-order valence-electron chi connectivity index (χ1n) is 7.38. The monoisotopic (exact) mass is 346 g/mol. The Balaban J connectivity index is 1.94. The summed E-state index contributed by atoms with van der Waals surface area (Å²) in [6, 6.07) is 0.